The maximum absolute atomic E-state index is 10.8. The van der Waals surface area contributed by atoms with E-state index in [0.29, 0.717) is 0 Å². The fourth-order valence-electron chi connectivity index (χ4n) is 0.824. The molecule has 0 spiro atoms. The van der Waals surface area contributed by atoms with Crippen molar-refractivity contribution in [1.29, 1.82) is 0 Å². The minimum atomic E-state index is -1.83. The van der Waals surface area contributed by atoms with Crippen LogP contribution in [-0.4, -0.2) is 38.2 Å². The summed E-state index contributed by atoms with van der Waals surface area (Å²) in [6.07, 6.45) is 1.03. The van der Waals surface area contributed by atoms with E-state index in [1.54, 1.807) is 0 Å². The Balaban J connectivity index is 2.88. The standard InChI is InChI=1S/C7H7N3O5/c11-4-1-3(8-2-9-4)10-5(6(12)13)7(14)15/h1-2,5H,(H,12,13)(H,14,15)(H2,8,9,10,11). The minimum Gasteiger partial charge on any atom is -0.479 e. The van der Waals surface area contributed by atoms with E-state index >= 15 is 0 Å². The molecule has 80 valence electrons. The Morgan fingerprint density at radius 2 is 2.00 bits per heavy atom. The number of hydrogen-bond acceptors (Lipinski definition) is 5. The zero-order chi connectivity index (χ0) is 11.4. The zero-order valence-electron chi connectivity index (χ0n) is 7.30. The van der Waals surface area contributed by atoms with Crippen LogP contribution in [0.15, 0.2) is 17.2 Å². The molecular formula is C7H7N3O5. The highest BCUT2D eigenvalue weighted by molar-refractivity contribution is 5.99. The third kappa shape index (κ3) is 2.79. The molecule has 0 aliphatic carbocycles. The van der Waals surface area contributed by atoms with Crippen LogP contribution >= 0.6 is 0 Å². The third-order valence-corrected chi connectivity index (χ3v) is 1.46. The number of rotatable bonds is 4. The third-order valence-electron chi connectivity index (χ3n) is 1.46. The van der Waals surface area contributed by atoms with E-state index in [4.69, 9.17) is 10.2 Å². The highest BCUT2D eigenvalue weighted by Crippen LogP contribution is 1.99. The summed E-state index contributed by atoms with van der Waals surface area (Å²) >= 11 is 0. The fraction of sp³-hybridized carbons (Fsp3) is 0.143. The molecule has 0 atom stereocenters. The van der Waals surface area contributed by atoms with Crippen molar-refractivity contribution < 1.29 is 19.8 Å². The molecule has 0 unspecified atom stereocenters. The number of carbonyl (C=O) groups is 2. The average Bonchev–Trinajstić information content (AvgIpc) is 2.13. The van der Waals surface area contributed by atoms with Crippen molar-refractivity contribution in [1.82, 2.24) is 9.97 Å². The molecule has 8 heteroatoms. The number of anilines is 1. The first kappa shape index (κ1) is 10.7. The van der Waals surface area contributed by atoms with E-state index < -0.39 is 23.5 Å². The van der Waals surface area contributed by atoms with Crippen molar-refractivity contribution in [2.75, 3.05) is 5.32 Å². The predicted molar refractivity (Wildman–Crippen MR) is 47.5 cm³/mol. The van der Waals surface area contributed by atoms with Gasteiger partial charge in [0.2, 0.25) is 6.04 Å². The van der Waals surface area contributed by atoms with Crippen LogP contribution in [0.2, 0.25) is 0 Å². The lowest BCUT2D eigenvalue weighted by atomic mass is 10.3. The quantitative estimate of drug-likeness (QED) is 0.458. The number of nitrogens with zero attached hydrogens (tertiary/aromatic N) is 1. The molecule has 0 amide bonds. The second-order valence-corrected chi connectivity index (χ2v) is 2.55. The molecule has 8 nitrogen and oxygen atoms in total. The summed E-state index contributed by atoms with van der Waals surface area (Å²) in [5.41, 5.74) is -0.512. The van der Waals surface area contributed by atoms with Gasteiger partial charge in [-0.3, -0.25) is 4.79 Å². The number of H-pyrrole nitrogens is 1. The molecule has 0 aromatic carbocycles. The zero-order valence-corrected chi connectivity index (χ0v) is 7.30. The van der Waals surface area contributed by atoms with Gasteiger partial charge in [0.1, 0.15) is 5.82 Å². The van der Waals surface area contributed by atoms with Crippen LogP contribution in [-0.2, 0) is 9.59 Å². The van der Waals surface area contributed by atoms with Crippen molar-refractivity contribution in [3.8, 4) is 0 Å². The molecule has 15 heavy (non-hydrogen) atoms. The molecule has 0 radical (unpaired) electrons. The van der Waals surface area contributed by atoms with E-state index in [1.165, 1.54) is 0 Å². The van der Waals surface area contributed by atoms with Crippen molar-refractivity contribution >= 4 is 17.8 Å². The summed E-state index contributed by atoms with van der Waals surface area (Å²) < 4.78 is 0. The van der Waals surface area contributed by atoms with E-state index in [2.05, 4.69) is 15.3 Å². The van der Waals surface area contributed by atoms with Gasteiger partial charge < -0.3 is 20.5 Å². The number of carboxylic acid groups (broad SMARTS) is 2. The van der Waals surface area contributed by atoms with Crippen LogP contribution in [0.3, 0.4) is 0 Å². The van der Waals surface area contributed by atoms with Crippen molar-refractivity contribution in [3.05, 3.63) is 22.7 Å². The van der Waals surface area contributed by atoms with E-state index in [9.17, 15) is 14.4 Å². The average molecular weight is 213 g/mol. The first-order valence-electron chi connectivity index (χ1n) is 3.77. The van der Waals surface area contributed by atoms with Crippen LogP contribution in [0.25, 0.3) is 0 Å². The Bertz CT molecular complexity index is 426. The molecule has 1 rings (SSSR count). The normalized spacial score (nSPS) is 9.93. The van der Waals surface area contributed by atoms with Gasteiger partial charge in [-0.25, -0.2) is 14.6 Å². The summed E-state index contributed by atoms with van der Waals surface area (Å²) in [5.74, 6) is -3.25. The van der Waals surface area contributed by atoms with Gasteiger partial charge in [-0.2, -0.15) is 0 Å². The van der Waals surface area contributed by atoms with Crippen LogP contribution in [0.5, 0.6) is 0 Å². The molecule has 1 heterocycles. The topological polar surface area (TPSA) is 132 Å². The number of nitrogens with one attached hydrogen (secondary N) is 2. The summed E-state index contributed by atoms with van der Waals surface area (Å²) in [6, 6.07) is -0.877. The molecule has 0 saturated heterocycles. The summed E-state index contributed by atoms with van der Waals surface area (Å²) in [6.45, 7) is 0. The smallest absolute Gasteiger partial charge is 0.337 e. The summed E-state index contributed by atoms with van der Waals surface area (Å²) in [7, 11) is 0. The van der Waals surface area contributed by atoms with Crippen LogP contribution < -0.4 is 10.9 Å². The van der Waals surface area contributed by atoms with E-state index in [0.717, 1.165) is 12.4 Å². The molecule has 0 saturated carbocycles. The van der Waals surface area contributed by atoms with Gasteiger partial charge in [-0.15, -0.1) is 0 Å². The molecule has 0 bridgehead atoms. The maximum atomic E-state index is 10.8. The Morgan fingerprint density at radius 3 is 2.47 bits per heavy atom. The largest absolute Gasteiger partial charge is 0.479 e. The maximum Gasteiger partial charge on any atom is 0.337 e. The molecule has 0 fully saturated rings. The second-order valence-electron chi connectivity index (χ2n) is 2.55. The first-order valence-corrected chi connectivity index (χ1v) is 3.77. The van der Waals surface area contributed by atoms with Gasteiger partial charge >= 0.3 is 11.9 Å². The number of hydrogen-bond donors (Lipinski definition) is 4. The van der Waals surface area contributed by atoms with Crippen molar-refractivity contribution in [2.24, 2.45) is 0 Å². The highest BCUT2D eigenvalue weighted by Gasteiger charge is 2.25. The second kappa shape index (κ2) is 4.22. The van der Waals surface area contributed by atoms with Gasteiger partial charge in [-0.1, -0.05) is 0 Å². The van der Waals surface area contributed by atoms with Gasteiger partial charge in [0, 0.05) is 6.07 Å². The van der Waals surface area contributed by atoms with Gasteiger partial charge in [-0.05, 0) is 0 Å². The molecule has 1 aromatic rings. The molecular weight excluding hydrogens is 206 g/mol. The van der Waals surface area contributed by atoms with Crippen LogP contribution in [0.1, 0.15) is 0 Å². The van der Waals surface area contributed by atoms with Crippen LogP contribution in [0, 0.1) is 0 Å². The monoisotopic (exact) mass is 213 g/mol. The Morgan fingerprint density at radius 1 is 1.40 bits per heavy atom. The lowest BCUT2D eigenvalue weighted by Gasteiger charge is -2.09. The number of carboxylic acids is 2. The molecule has 1 aromatic heterocycles. The summed E-state index contributed by atoms with van der Waals surface area (Å²) in [5, 5.41) is 19.1. The Kier molecular flexibility index (Phi) is 3.01. The number of aromatic nitrogens is 2. The first-order chi connectivity index (χ1) is 7.00. The van der Waals surface area contributed by atoms with Crippen LogP contribution in [0.4, 0.5) is 5.82 Å². The highest BCUT2D eigenvalue weighted by atomic mass is 16.4. The van der Waals surface area contributed by atoms with Crippen molar-refractivity contribution in [2.45, 2.75) is 6.04 Å². The molecule has 0 aliphatic heterocycles. The van der Waals surface area contributed by atoms with E-state index in [-0.39, 0.29) is 5.82 Å². The van der Waals surface area contributed by atoms with Gasteiger partial charge in [0.05, 0.1) is 6.33 Å². The fourth-order valence-corrected chi connectivity index (χ4v) is 0.824. The molecule has 0 aliphatic rings. The Labute approximate surface area is 82.6 Å². The predicted octanol–water partition coefficient (Wildman–Crippen LogP) is -1.28. The van der Waals surface area contributed by atoms with Gasteiger partial charge in [0.15, 0.2) is 0 Å². The molecule has 4 N–H and O–H groups in total. The number of aromatic amines is 1. The Hall–Kier alpha value is -2.38. The van der Waals surface area contributed by atoms with E-state index in [1.807, 2.05) is 0 Å². The summed E-state index contributed by atoms with van der Waals surface area (Å²) in [4.78, 5) is 37.5. The number of aliphatic carboxylic acids is 2. The van der Waals surface area contributed by atoms with Gasteiger partial charge in [0.25, 0.3) is 5.56 Å². The van der Waals surface area contributed by atoms with Crippen molar-refractivity contribution in [3.63, 3.8) is 0 Å². The lowest BCUT2D eigenvalue weighted by Crippen LogP contribution is -2.37. The SMILES string of the molecule is O=C(O)C(Nc1cc(=O)[nH]cn1)C(=O)O. The lowest BCUT2D eigenvalue weighted by molar-refractivity contribution is -0.148. The minimum absolute atomic E-state index is 0.117.